The summed E-state index contributed by atoms with van der Waals surface area (Å²) < 4.78 is 2.28. The van der Waals surface area contributed by atoms with Crippen molar-refractivity contribution in [2.75, 3.05) is 12.3 Å². The van der Waals surface area contributed by atoms with Crippen molar-refractivity contribution < 1.29 is 0 Å². The Morgan fingerprint density at radius 2 is 1.88 bits per heavy atom. The number of para-hydroxylation sites is 1. The lowest BCUT2D eigenvalue weighted by Gasteiger charge is -2.18. The summed E-state index contributed by atoms with van der Waals surface area (Å²) in [5.41, 5.74) is 7.43. The van der Waals surface area contributed by atoms with Gasteiger partial charge >= 0.3 is 0 Å². The Balaban J connectivity index is 1.87. The highest BCUT2D eigenvalue weighted by Gasteiger charge is 2.13. The first-order valence-electron chi connectivity index (χ1n) is 14.5. The lowest BCUT2D eigenvalue weighted by molar-refractivity contribution is 0.847. The number of pyridine rings is 1. The van der Waals surface area contributed by atoms with Gasteiger partial charge in [-0.3, -0.25) is 9.56 Å². The summed E-state index contributed by atoms with van der Waals surface area (Å²) in [6.45, 7) is 17.9. The third kappa shape index (κ3) is 7.25. The molecular weight excluding hydrogens is 518 g/mol. The molecule has 1 aliphatic heterocycles. The first kappa shape index (κ1) is 30.1. The van der Waals surface area contributed by atoms with Crippen LogP contribution in [0.15, 0.2) is 125 Å². The molecular formula is C37H41N3S. The van der Waals surface area contributed by atoms with Crippen molar-refractivity contribution in [2.45, 2.75) is 47.0 Å². The molecule has 2 aromatic carbocycles. The number of aliphatic imine (C=N–C) groups is 1. The first-order valence-corrected chi connectivity index (χ1v) is 15.5. The maximum Gasteiger partial charge on any atom is 0.140 e. The van der Waals surface area contributed by atoms with Crippen molar-refractivity contribution >= 4 is 49.8 Å². The Hall–Kier alpha value is -3.89. The molecule has 210 valence electrons. The zero-order valence-corrected chi connectivity index (χ0v) is 25.7. The third-order valence-electron chi connectivity index (χ3n) is 6.91. The van der Waals surface area contributed by atoms with Crippen molar-refractivity contribution in [2.24, 2.45) is 9.98 Å². The van der Waals surface area contributed by atoms with Crippen molar-refractivity contribution in [3.8, 4) is 0 Å². The summed E-state index contributed by atoms with van der Waals surface area (Å²) in [6, 6.07) is 15.4. The monoisotopic (exact) mass is 559 g/mol. The minimum Gasteiger partial charge on any atom is -0.299 e. The molecule has 4 rings (SSSR count). The van der Waals surface area contributed by atoms with Gasteiger partial charge in [0.1, 0.15) is 10.5 Å². The van der Waals surface area contributed by atoms with Crippen LogP contribution in [0.1, 0.15) is 52.5 Å². The van der Waals surface area contributed by atoms with Crippen LogP contribution in [-0.4, -0.2) is 21.9 Å². The summed E-state index contributed by atoms with van der Waals surface area (Å²) in [7, 11) is 0. The van der Waals surface area contributed by atoms with Crippen molar-refractivity contribution in [1.29, 1.82) is 0 Å². The topological polar surface area (TPSA) is 29.6 Å². The number of thioether (sulfide) groups is 1. The maximum absolute atomic E-state index is 5.08. The minimum atomic E-state index is 0.750. The summed E-state index contributed by atoms with van der Waals surface area (Å²) in [5, 5.41) is 4.56. The normalized spacial score (nSPS) is 17.0. The van der Waals surface area contributed by atoms with Gasteiger partial charge in [0.05, 0.1) is 11.2 Å². The number of rotatable bonds is 9. The van der Waals surface area contributed by atoms with E-state index in [-0.39, 0.29) is 0 Å². The van der Waals surface area contributed by atoms with Crippen LogP contribution in [0.4, 0.5) is 0 Å². The van der Waals surface area contributed by atoms with Gasteiger partial charge in [-0.25, -0.2) is 4.99 Å². The van der Waals surface area contributed by atoms with Crippen LogP contribution in [0, 0.1) is 0 Å². The van der Waals surface area contributed by atoms with Gasteiger partial charge in [0.2, 0.25) is 0 Å². The van der Waals surface area contributed by atoms with Gasteiger partial charge < -0.3 is 0 Å². The Kier molecular flexibility index (Phi) is 10.8. The van der Waals surface area contributed by atoms with E-state index in [1.807, 2.05) is 25.2 Å². The van der Waals surface area contributed by atoms with Gasteiger partial charge in [-0.2, -0.15) is 0 Å². The average Bonchev–Trinajstić information content (AvgIpc) is 3.09. The summed E-state index contributed by atoms with van der Waals surface area (Å²) in [6.07, 6.45) is 19.6. The van der Waals surface area contributed by atoms with E-state index < -0.39 is 0 Å². The summed E-state index contributed by atoms with van der Waals surface area (Å²) in [5.74, 6) is 0.863. The van der Waals surface area contributed by atoms with Crippen LogP contribution in [-0.2, 0) is 0 Å². The largest absolute Gasteiger partial charge is 0.299 e. The van der Waals surface area contributed by atoms with E-state index in [1.165, 1.54) is 21.9 Å². The molecule has 0 saturated heterocycles. The predicted octanol–water partition coefficient (Wildman–Crippen LogP) is 10.1. The van der Waals surface area contributed by atoms with Crippen LogP contribution < -0.4 is 5.49 Å². The molecule has 0 radical (unpaired) electrons. The second-order valence-corrected chi connectivity index (χ2v) is 11.1. The van der Waals surface area contributed by atoms with Gasteiger partial charge in [-0.15, -0.1) is 11.8 Å². The van der Waals surface area contributed by atoms with E-state index in [1.54, 1.807) is 11.8 Å². The minimum absolute atomic E-state index is 0.750. The van der Waals surface area contributed by atoms with Crippen molar-refractivity contribution in [1.82, 2.24) is 4.57 Å². The maximum atomic E-state index is 5.08. The first-order chi connectivity index (χ1) is 20.0. The molecule has 0 fully saturated rings. The zero-order valence-electron chi connectivity index (χ0n) is 24.9. The molecule has 0 unspecified atom stereocenters. The van der Waals surface area contributed by atoms with E-state index in [9.17, 15) is 0 Å². The Labute approximate surface area is 249 Å². The number of benzene rings is 2. The Bertz CT molecular complexity index is 1700. The highest BCUT2D eigenvalue weighted by molar-refractivity contribution is 8.14. The highest BCUT2D eigenvalue weighted by atomic mass is 32.2. The SMILES string of the molecule is C=C1/C=C\C=C/CSC(C(/C=C\C)=C/C=C(\C)c2ccc3c(=NCCC)n(C(=C)CCC)c4ccccc4c3c2)=N1. The van der Waals surface area contributed by atoms with Crippen LogP contribution in [0.2, 0.25) is 0 Å². The fourth-order valence-corrected chi connectivity index (χ4v) is 5.75. The smallest absolute Gasteiger partial charge is 0.140 e. The third-order valence-corrected chi connectivity index (χ3v) is 7.87. The van der Waals surface area contributed by atoms with Crippen LogP contribution >= 0.6 is 11.8 Å². The predicted molar refractivity (Wildman–Crippen MR) is 184 cm³/mol. The Morgan fingerprint density at radius 3 is 2.66 bits per heavy atom. The lowest BCUT2D eigenvalue weighted by Crippen LogP contribution is -2.22. The van der Waals surface area contributed by atoms with E-state index in [2.05, 4.69) is 111 Å². The second kappa shape index (κ2) is 14.7. The average molecular weight is 560 g/mol. The molecule has 1 aromatic heterocycles. The van der Waals surface area contributed by atoms with E-state index >= 15 is 0 Å². The second-order valence-electron chi connectivity index (χ2n) is 10.1. The number of hydrogen-bond acceptors (Lipinski definition) is 3. The molecule has 0 atom stereocenters. The molecule has 41 heavy (non-hydrogen) atoms. The molecule has 0 amide bonds. The van der Waals surface area contributed by atoms with Crippen LogP contribution in [0.3, 0.4) is 0 Å². The van der Waals surface area contributed by atoms with Crippen LogP contribution in [0.5, 0.6) is 0 Å². The standard InChI is InChI=1S/C37H41N3S/c1-7-15-29(6)40-35-19-13-12-18-32(35)34-26-31(22-23-33(34)36(40)38-24-9-3)27(4)20-21-30(16-8-2)37-39-28(5)17-11-10-14-25-41-37/h8,10-14,16-23,26H,5-7,9,15,24-25H2,1-4H3/b14-10-,16-8-,17-11-,27-20+,30-21+,38-36?,39-37?. The molecule has 0 aliphatic carbocycles. The molecule has 4 heteroatoms. The lowest BCUT2D eigenvalue weighted by atomic mass is 9.99. The summed E-state index contributed by atoms with van der Waals surface area (Å²) >= 11 is 1.72. The number of nitrogens with zero attached hydrogens (tertiary/aromatic N) is 3. The molecule has 0 saturated carbocycles. The van der Waals surface area contributed by atoms with E-state index in [4.69, 9.17) is 9.98 Å². The molecule has 1 aliphatic rings. The number of allylic oxidation sites excluding steroid dienone is 9. The molecule has 3 nitrogen and oxygen atoms in total. The number of fused-ring (bicyclic) bond motifs is 3. The molecule has 0 spiro atoms. The van der Waals surface area contributed by atoms with Gasteiger partial charge in [0.25, 0.3) is 0 Å². The van der Waals surface area contributed by atoms with Gasteiger partial charge in [0, 0.05) is 34.3 Å². The van der Waals surface area contributed by atoms with E-state index in [0.29, 0.717) is 0 Å². The number of aromatic nitrogens is 1. The van der Waals surface area contributed by atoms with Gasteiger partial charge in [0.15, 0.2) is 0 Å². The van der Waals surface area contributed by atoms with Crippen LogP contribution in [0.25, 0.3) is 32.9 Å². The molecule has 0 bridgehead atoms. The quantitative estimate of drug-likeness (QED) is 0.189. The highest BCUT2D eigenvalue weighted by Crippen LogP contribution is 2.29. The van der Waals surface area contributed by atoms with Crippen molar-refractivity contribution in [3.05, 3.63) is 127 Å². The van der Waals surface area contributed by atoms with Gasteiger partial charge in [-0.05, 0) is 61.4 Å². The van der Waals surface area contributed by atoms with Gasteiger partial charge in [-0.1, -0.05) is 106 Å². The summed E-state index contributed by atoms with van der Waals surface area (Å²) in [4.78, 5) is 9.88. The number of hydrogen-bond donors (Lipinski definition) is 0. The molecule has 0 N–H and O–H groups in total. The zero-order chi connectivity index (χ0) is 29.2. The van der Waals surface area contributed by atoms with Crippen molar-refractivity contribution in [3.63, 3.8) is 0 Å². The molecule has 3 aromatic rings. The fraction of sp³-hybridized carbons (Fsp3) is 0.243. The molecule has 2 heterocycles. The van der Waals surface area contributed by atoms with E-state index in [0.717, 1.165) is 70.0 Å². The fourth-order valence-electron chi connectivity index (χ4n) is 4.90. The Morgan fingerprint density at radius 1 is 1.05 bits per heavy atom.